The van der Waals surface area contributed by atoms with Crippen LogP contribution in [-0.2, 0) is 16.0 Å². The lowest BCUT2D eigenvalue weighted by atomic mass is 10.0. The second-order valence-electron chi connectivity index (χ2n) is 9.13. The standard InChI is InChI=1S/C20H22N2O4S.C7H17NO5/c1-26-15-11-9-14(10-12-15)5-4-8-18-20(24)22(13-19(23)21-25)16-6-2-3-7-17(16)27-18;1-8-2-4(10)6(12)7(13)5(11)3-9/h2-3,6-7,9-12,18,25H,4-5,8,13H2,1H3,(H,21,23);4-13H,2-3H2,1H3/t;4-,5+,6+,7+/m.0/s1. The molecule has 0 saturated heterocycles. The minimum Gasteiger partial charge on any atom is -0.497 e. The molecule has 0 fully saturated rings. The molecule has 1 aliphatic heterocycles. The van der Waals surface area contributed by atoms with Crippen molar-refractivity contribution < 1.29 is 45.1 Å². The number of para-hydroxylation sites is 1. The molecule has 0 spiro atoms. The van der Waals surface area contributed by atoms with Gasteiger partial charge in [0.15, 0.2) is 0 Å². The van der Waals surface area contributed by atoms with Gasteiger partial charge in [-0.2, -0.15) is 0 Å². The highest BCUT2D eigenvalue weighted by molar-refractivity contribution is 8.01. The maximum atomic E-state index is 12.9. The van der Waals surface area contributed by atoms with Crippen LogP contribution < -0.4 is 20.4 Å². The van der Waals surface area contributed by atoms with Crippen molar-refractivity contribution in [1.82, 2.24) is 10.8 Å². The molecule has 2 aromatic rings. The summed E-state index contributed by atoms with van der Waals surface area (Å²) in [4.78, 5) is 26.9. The molecule has 5 atom stereocenters. The number of fused-ring (bicyclic) bond motifs is 1. The van der Waals surface area contributed by atoms with Crippen LogP contribution in [0.4, 0.5) is 5.69 Å². The molecule has 0 saturated carbocycles. The number of hydroxylamine groups is 1. The summed E-state index contributed by atoms with van der Waals surface area (Å²) in [5.41, 5.74) is 3.51. The molecule has 0 bridgehead atoms. The molecule has 2 aromatic carbocycles. The number of amides is 2. The Morgan fingerprint density at radius 1 is 1.05 bits per heavy atom. The van der Waals surface area contributed by atoms with Gasteiger partial charge in [-0.25, -0.2) is 5.48 Å². The average molecular weight is 582 g/mol. The van der Waals surface area contributed by atoms with Crippen molar-refractivity contribution in [3.05, 3.63) is 54.1 Å². The van der Waals surface area contributed by atoms with Gasteiger partial charge in [-0.3, -0.25) is 14.8 Å². The zero-order valence-corrected chi connectivity index (χ0v) is 23.3. The predicted octanol–water partition coefficient (Wildman–Crippen LogP) is -0.327. The molecule has 8 N–H and O–H groups in total. The van der Waals surface area contributed by atoms with E-state index in [-0.39, 0.29) is 24.2 Å². The van der Waals surface area contributed by atoms with Gasteiger partial charge in [-0.05, 0) is 56.1 Å². The van der Waals surface area contributed by atoms with Crippen LogP contribution in [0, 0.1) is 0 Å². The number of aliphatic hydroxyl groups is 5. The first kappa shape index (κ1) is 33.5. The predicted molar refractivity (Wildman–Crippen MR) is 149 cm³/mol. The number of likely N-dealkylation sites (N-methyl/N-ethyl adjacent to an activating group) is 1. The van der Waals surface area contributed by atoms with E-state index < -0.39 is 36.9 Å². The minimum absolute atomic E-state index is 0.0936. The number of benzene rings is 2. The fourth-order valence-electron chi connectivity index (χ4n) is 3.98. The zero-order chi connectivity index (χ0) is 29.7. The van der Waals surface area contributed by atoms with Crippen LogP contribution in [-0.4, -0.2) is 106 Å². The largest absolute Gasteiger partial charge is 0.497 e. The van der Waals surface area contributed by atoms with E-state index in [2.05, 4.69) is 5.32 Å². The quantitative estimate of drug-likeness (QED) is 0.114. The number of hydrogen-bond donors (Lipinski definition) is 8. The molecule has 0 aromatic heterocycles. The molecule has 12 nitrogen and oxygen atoms in total. The molecule has 40 heavy (non-hydrogen) atoms. The summed E-state index contributed by atoms with van der Waals surface area (Å²) in [6, 6.07) is 15.4. The van der Waals surface area contributed by atoms with Crippen molar-refractivity contribution >= 4 is 29.3 Å². The van der Waals surface area contributed by atoms with Crippen LogP contribution in [0.1, 0.15) is 18.4 Å². The number of rotatable bonds is 13. The second kappa shape index (κ2) is 17.1. The zero-order valence-electron chi connectivity index (χ0n) is 22.5. The molecule has 1 aliphatic rings. The molecule has 0 aliphatic carbocycles. The van der Waals surface area contributed by atoms with E-state index in [1.54, 1.807) is 19.6 Å². The number of carbonyl (C=O) groups excluding carboxylic acids is 2. The van der Waals surface area contributed by atoms with Gasteiger partial charge in [0.05, 0.1) is 30.8 Å². The molecule has 222 valence electrons. The van der Waals surface area contributed by atoms with E-state index in [1.807, 2.05) is 48.5 Å². The van der Waals surface area contributed by atoms with E-state index in [0.29, 0.717) is 12.1 Å². The van der Waals surface area contributed by atoms with Gasteiger partial charge in [0.2, 0.25) is 5.91 Å². The number of aliphatic hydroxyl groups excluding tert-OH is 5. The lowest BCUT2D eigenvalue weighted by molar-refractivity contribution is -0.129. The van der Waals surface area contributed by atoms with Crippen molar-refractivity contribution in [1.29, 1.82) is 0 Å². The van der Waals surface area contributed by atoms with E-state index in [9.17, 15) is 14.7 Å². The van der Waals surface area contributed by atoms with E-state index in [1.165, 1.54) is 22.2 Å². The third-order valence-corrected chi connectivity index (χ3v) is 7.54. The smallest absolute Gasteiger partial charge is 0.263 e. The number of ether oxygens (including phenoxy) is 1. The van der Waals surface area contributed by atoms with Crippen LogP contribution >= 0.6 is 11.8 Å². The number of carbonyl (C=O) groups is 2. The molecule has 0 radical (unpaired) electrons. The van der Waals surface area contributed by atoms with Crippen LogP contribution in [0.3, 0.4) is 0 Å². The average Bonchev–Trinajstić information content (AvgIpc) is 2.98. The minimum atomic E-state index is -1.55. The Morgan fingerprint density at radius 3 is 2.30 bits per heavy atom. The monoisotopic (exact) mass is 581 g/mol. The van der Waals surface area contributed by atoms with Crippen molar-refractivity contribution in [3.8, 4) is 5.75 Å². The Balaban J connectivity index is 0.000000366. The van der Waals surface area contributed by atoms with E-state index >= 15 is 0 Å². The van der Waals surface area contributed by atoms with Crippen LogP contribution in [0.15, 0.2) is 53.4 Å². The van der Waals surface area contributed by atoms with Crippen molar-refractivity contribution in [2.75, 3.05) is 38.8 Å². The maximum Gasteiger partial charge on any atom is 0.263 e. The fourth-order valence-corrected chi connectivity index (χ4v) is 5.25. The molecule has 1 unspecified atom stereocenters. The third kappa shape index (κ3) is 9.71. The Morgan fingerprint density at radius 2 is 1.70 bits per heavy atom. The highest BCUT2D eigenvalue weighted by Crippen LogP contribution is 2.40. The van der Waals surface area contributed by atoms with Gasteiger partial charge in [0.25, 0.3) is 5.91 Å². The first-order chi connectivity index (χ1) is 19.2. The summed E-state index contributed by atoms with van der Waals surface area (Å²) in [6.07, 6.45) is -3.21. The second-order valence-corrected chi connectivity index (χ2v) is 10.4. The normalized spacial score (nSPS) is 17.6. The Labute approximate surface area is 237 Å². The summed E-state index contributed by atoms with van der Waals surface area (Å²) < 4.78 is 5.16. The summed E-state index contributed by atoms with van der Waals surface area (Å²) in [5.74, 6) is 0.116. The fraction of sp³-hybridized carbons (Fsp3) is 0.481. The number of nitrogens with zero attached hydrogens (tertiary/aromatic N) is 1. The SMILES string of the molecule is CNC[C@H](O)[C@@H](O)[C@H](O)[C@H](O)CO.COc1ccc(CCCC2Sc3ccccc3N(CC(=O)NO)C2=O)cc1. The highest BCUT2D eigenvalue weighted by atomic mass is 32.2. The van der Waals surface area contributed by atoms with Crippen molar-refractivity contribution in [2.24, 2.45) is 0 Å². The van der Waals surface area contributed by atoms with Gasteiger partial charge >= 0.3 is 0 Å². The number of thioether (sulfide) groups is 1. The maximum absolute atomic E-state index is 12.9. The molecule has 3 rings (SSSR count). The van der Waals surface area contributed by atoms with E-state index in [0.717, 1.165) is 23.5 Å². The van der Waals surface area contributed by atoms with Gasteiger partial charge in [-0.15, -0.1) is 11.8 Å². The van der Waals surface area contributed by atoms with Crippen molar-refractivity contribution in [2.45, 2.75) is 53.8 Å². The summed E-state index contributed by atoms with van der Waals surface area (Å²) in [5, 5.41) is 56.0. The summed E-state index contributed by atoms with van der Waals surface area (Å²) in [7, 11) is 3.21. The number of hydrogen-bond acceptors (Lipinski definition) is 11. The summed E-state index contributed by atoms with van der Waals surface area (Å²) in [6.45, 7) is -0.761. The van der Waals surface area contributed by atoms with Gasteiger partial charge in [0.1, 0.15) is 30.6 Å². The van der Waals surface area contributed by atoms with Gasteiger partial charge in [-0.1, -0.05) is 24.3 Å². The molecule has 1 heterocycles. The Hall–Kier alpha value is -2.75. The van der Waals surface area contributed by atoms with Crippen LogP contribution in [0.25, 0.3) is 0 Å². The van der Waals surface area contributed by atoms with Gasteiger partial charge < -0.3 is 40.5 Å². The lowest BCUT2D eigenvalue weighted by Gasteiger charge is -2.33. The Bertz CT molecular complexity index is 1060. The number of methoxy groups -OCH3 is 1. The van der Waals surface area contributed by atoms with Crippen LogP contribution in [0.5, 0.6) is 5.75 Å². The number of anilines is 1. The number of aryl methyl sites for hydroxylation is 1. The molecular formula is C27H39N3O9S. The molecule has 2 amide bonds. The molecular weight excluding hydrogens is 542 g/mol. The summed E-state index contributed by atoms with van der Waals surface area (Å²) >= 11 is 1.54. The lowest BCUT2D eigenvalue weighted by Crippen LogP contribution is -2.48. The third-order valence-electron chi connectivity index (χ3n) is 6.22. The first-order valence-corrected chi connectivity index (χ1v) is 13.6. The highest BCUT2D eigenvalue weighted by Gasteiger charge is 2.34. The van der Waals surface area contributed by atoms with Crippen molar-refractivity contribution in [3.63, 3.8) is 0 Å². The van der Waals surface area contributed by atoms with Gasteiger partial charge in [0, 0.05) is 11.4 Å². The Kier molecular flexibility index (Phi) is 14.3. The molecule has 13 heteroatoms. The topological polar surface area (TPSA) is 192 Å². The van der Waals surface area contributed by atoms with Crippen LogP contribution in [0.2, 0.25) is 0 Å². The number of nitrogens with one attached hydrogen (secondary N) is 2. The van der Waals surface area contributed by atoms with E-state index in [4.69, 9.17) is 30.4 Å². The first-order valence-electron chi connectivity index (χ1n) is 12.8.